The molecule has 1 aliphatic rings. The summed E-state index contributed by atoms with van der Waals surface area (Å²) in [5.41, 5.74) is 9.37. The molecule has 2 heterocycles. The normalized spacial score (nSPS) is 13.9. The highest BCUT2D eigenvalue weighted by Gasteiger charge is 2.32. The Bertz CT molecular complexity index is 1700. The first-order valence-electron chi connectivity index (χ1n) is 13.1. The molecule has 0 fully saturated rings. The third kappa shape index (κ3) is 6.29. The highest BCUT2D eigenvalue weighted by atomic mass is 35.5. The second-order valence-electron chi connectivity index (χ2n) is 9.89. The highest BCUT2D eigenvalue weighted by Crippen LogP contribution is 2.31. The van der Waals surface area contributed by atoms with E-state index in [1.54, 1.807) is 71.7 Å². The third-order valence-corrected chi connectivity index (χ3v) is 7.38. The maximum Gasteiger partial charge on any atom is 0.335 e. The van der Waals surface area contributed by atoms with Crippen molar-refractivity contribution in [3.63, 3.8) is 0 Å². The molecule has 5 rings (SSSR count). The lowest BCUT2D eigenvalue weighted by atomic mass is 9.92. The number of benzene rings is 3. The van der Waals surface area contributed by atoms with E-state index in [-0.39, 0.29) is 36.6 Å². The van der Waals surface area contributed by atoms with Gasteiger partial charge in [-0.15, -0.1) is 5.10 Å². The number of hydrogen-bond acceptors (Lipinski definition) is 6. The van der Waals surface area contributed by atoms with Gasteiger partial charge in [-0.05, 0) is 65.6 Å². The lowest BCUT2D eigenvalue weighted by Gasteiger charge is -2.34. The number of nitrogens with two attached hydrogens (primary N) is 1. The van der Waals surface area contributed by atoms with E-state index in [0.29, 0.717) is 33.8 Å². The summed E-state index contributed by atoms with van der Waals surface area (Å²) in [6, 6.07) is 17.2. The van der Waals surface area contributed by atoms with Gasteiger partial charge in [-0.25, -0.2) is 9.48 Å². The molecular formula is C31H26ClN5O5. The Labute approximate surface area is 246 Å². The molecule has 3 N–H and O–H groups in total. The van der Waals surface area contributed by atoms with Crippen LogP contribution in [0.25, 0.3) is 11.3 Å². The molecule has 0 saturated heterocycles. The van der Waals surface area contributed by atoms with Gasteiger partial charge in [0.05, 0.1) is 29.7 Å². The van der Waals surface area contributed by atoms with Gasteiger partial charge in [0.2, 0.25) is 11.8 Å². The van der Waals surface area contributed by atoms with Gasteiger partial charge in [-0.3, -0.25) is 14.4 Å². The van der Waals surface area contributed by atoms with Gasteiger partial charge in [0, 0.05) is 41.6 Å². The number of primary amides is 1. The van der Waals surface area contributed by atoms with Gasteiger partial charge >= 0.3 is 5.97 Å². The van der Waals surface area contributed by atoms with Gasteiger partial charge in [0.15, 0.2) is 5.78 Å². The van der Waals surface area contributed by atoms with Crippen molar-refractivity contribution in [3.8, 4) is 5.69 Å². The zero-order chi connectivity index (χ0) is 29.8. The molecule has 0 saturated carbocycles. The predicted molar refractivity (Wildman–Crippen MR) is 155 cm³/mol. The summed E-state index contributed by atoms with van der Waals surface area (Å²) >= 11 is 6.31. The highest BCUT2D eigenvalue weighted by molar-refractivity contribution is 6.30. The maximum atomic E-state index is 13.7. The molecule has 0 aliphatic carbocycles. The quantitative estimate of drug-likeness (QED) is 0.289. The molecule has 0 radical (unpaired) electrons. The number of carboxylic acids is 1. The molecule has 1 aromatic heterocycles. The van der Waals surface area contributed by atoms with E-state index < -0.39 is 17.9 Å². The van der Waals surface area contributed by atoms with Gasteiger partial charge < -0.3 is 15.7 Å². The first-order valence-corrected chi connectivity index (χ1v) is 13.5. The standard InChI is InChI=1S/C31H26ClN5O5/c32-24-8-9-26(37-13-11-34-35-37)25(18-24)22-10-12-36(29(39)17-22)27(15-20-2-1-3-23(14-20)30(33)40)28(38)16-19-4-6-21(7-5-19)31(41)42/h1-9,11,13-14,17-18,27H,10,12,15-16H2,(H2,33,40)(H,41,42)/t27-/m0/s1. The van der Waals surface area contributed by atoms with E-state index in [1.807, 2.05) is 0 Å². The van der Waals surface area contributed by atoms with E-state index in [1.165, 1.54) is 23.1 Å². The van der Waals surface area contributed by atoms with E-state index in [0.717, 1.165) is 11.1 Å². The van der Waals surface area contributed by atoms with Crippen molar-refractivity contribution in [3.05, 3.63) is 118 Å². The molecule has 42 heavy (non-hydrogen) atoms. The number of carbonyl (C=O) groups is 4. The van der Waals surface area contributed by atoms with E-state index in [9.17, 15) is 24.3 Å². The first kappa shape index (κ1) is 28.4. The van der Waals surface area contributed by atoms with Gasteiger partial charge in [-0.2, -0.15) is 0 Å². The summed E-state index contributed by atoms with van der Waals surface area (Å²) in [6.45, 7) is 0.262. The zero-order valence-electron chi connectivity index (χ0n) is 22.3. The van der Waals surface area contributed by atoms with Gasteiger partial charge in [-0.1, -0.05) is 41.1 Å². The predicted octanol–water partition coefficient (Wildman–Crippen LogP) is 3.76. The number of ketones is 1. The van der Waals surface area contributed by atoms with Crippen molar-refractivity contribution < 1.29 is 24.3 Å². The van der Waals surface area contributed by atoms with Crippen LogP contribution in [0.2, 0.25) is 5.02 Å². The number of carbonyl (C=O) groups excluding carboxylic acids is 3. The number of halogens is 1. The van der Waals surface area contributed by atoms with Crippen LogP contribution < -0.4 is 5.73 Å². The summed E-state index contributed by atoms with van der Waals surface area (Å²) in [6.07, 6.45) is 5.37. The molecule has 1 atom stereocenters. The molecule has 3 aromatic carbocycles. The Morgan fingerprint density at radius 3 is 2.45 bits per heavy atom. The fourth-order valence-electron chi connectivity index (χ4n) is 5.04. The number of aromatic carboxylic acids is 1. The van der Waals surface area contributed by atoms with Crippen molar-refractivity contribution in [2.45, 2.75) is 25.3 Å². The molecule has 4 aromatic rings. The lowest BCUT2D eigenvalue weighted by molar-refractivity contribution is -0.136. The van der Waals surface area contributed by atoms with Crippen LogP contribution in [0.1, 0.15) is 43.8 Å². The Morgan fingerprint density at radius 2 is 1.79 bits per heavy atom. The Hall–Kier alpha value is -5.09. The second-order valence-corrected chi connectivity index (χ2v) is 10.3. The van der Waals surface area contributed by atoms with Crippen molar-refractivity contribution >= 4 is 40.7 Å². The molecule has 2 amide bonds. The minimum Gasteiger partial charge on any atom is -0.478 e. The monoisotopic (exact) mass is 583 g/mol. The number of hydrogen-bond donors (Lipinski definition) is 2. The number of rotatable bonds is 10. The van der Waals surface area contributed by atoms with Crippen LogP contribution >= 0.6 is 11.6 Å². The number of aromatic nitrogens is 3. The Morgan fingerprint density at radius 1 is 1.00 bits per heavy atom. The first-order chi connectivity index (χ1) is 20.2. The summed E-state index contributed by atoms with van der Waals surface area (Å²) in [5.74, 6) is -2.22. The fraction of sp³-hybridized carbons (Fsp3) is 0.161. The molecule has 0 unspecified atom stereocenters. The van der Waals surface area contributed by atoms with Crippen LogP contribution in [-0.4, -0.2) is 61.2 Å². The smallest absolute Gasteiger partial charge is 0.335 e. The van der Waals surface area contributed by atoms with Crippen LogP contribution in [0.15, 0.2) is 85.2 Å². The molecule has 0 spiro atoms. The Balaban J connectivity index is 1.46. The van der Waals surface area contributed by atoms with Crippen LogP contribution in [0.5, 0.6) is 0 Å². The molecule has 11 heteroatoms. The number of Topliss-reactive ketones (excluding diaryl/α,β-unsaturated/α-hetero) is 1. The summed E-state index contributed by atoms with van der Waals surface area (Å²) < 4.78 is 1.59. The Kier molecular flexibility index (Phi) is 8.26. The molecular weight excluding hydrogens is 558 g/mol. The van der Waals surface area contributed by atoms with E-state index in [4.69, 9.17) is 17.3 Å². The minimum absolute atomic E-state index is 0.00876. The van der Waals surface area contributed by atoms with Gasteiger partial charge in [0.1, 0.15) is 0 Å². The third-order valence-electron chi connectivity index (χ3n) is 7.14. The average molecular weight is 584 g/mol. The van der Waals surface area contributed by atoms with Crippen LogP contribution in [0, 0.1) is 0 Å². The fourth-order valence-corrected chi connectivity index (χ4v) is 5.21. The minimum atomic E-state index is -1.06. The second kappa shape index (κ2) is 12.2. The van der Waals surface area contributed by atoms with Crippen molar-refractivity contribution in [2.75, 3.05) is 6.54 Å². The van der Waals surface area contributed by atoms with Crippen molar-refractivity contribution in [1.29, 1.82) is 0 Å². The largest absolute Gasteiger partial charge is 0.478 e. The molecule has 0 bridgehead atoms. The van der Waals surface area contributed by atoms with E-state index in [2.05, 4.69) is 10.3 Å². The maximum absolute atomic E-state index is 13.7. The zero-order valence-corrected chi connectivity index (χ0v) is 23.1. The van der Waals surface area contributed by atoms with Crippen LogP contribution in [0.3, 0.4) is 0 Å². The number of nitrogens with zero attached hydrogens (tertiary/aromatic N) is 4. The van der Waals surface area contributed by atoms with E-state index >= 15 is 0 Å². The summed E-state index contributed by atoms with van der Waals surface area (Å²) in [5, 5.41) is 17.6. The molecule has 10 nitrogen and oxygen atoms in total. The number of carboxylic acid groups (broad SMARTS) is 1. The SMILES string of the molecule is NC(=O)c1cccc(C[C@@H](C(=O)Cc2ccc(C(=O)O)cc2)N2CCC(c3cc(Cl)ccc3-n3ccnn3)=CC2=O)c1. The molecule has 212 valence electrons. The molecule has 1 aliphatic heterocycles. The summed E-state index contributed by atoms with van der Waals surface area (Å²) in [4.78, 5) is 51.9. The average Bonchev–Trinajstić information content (AvgIpc) is 3.51. The van der Waals surface area contributed by atoms with Crippen molar-refractivity contribution in [2.24, 2.45) is 5.73 Å². The summed E-state index contributed by atoms with van der Waals surface area (Å²) in [7, 11) is 0. The van der Waals surface area contributed by atoms with Crippen molar-refractivity contribution in [1.82, 2.24) is 19.9 Å². The lowest BCUT2D eigenvalue weighted by Crippen LogP contribution is -2.48. The topological polar surface area (TPSA) is 148 Å². The van der Waals surface area contributed by atoms with Gasteiger partial charge in [0.25, 0.3) is 0 Å². The van der Waals surface area contributed by atoms with Crippen LogP contribution in [-0.2, 0) is 22.4 Å². The number of amides is 2. The van der Waals surface area contributed by atoms with Crippen LogP contribution in [0.4, 0.5) is 0 Å².